The number of hydrogen-bond acceptors (Lipinski definition) is 7. The first-order chi connectivity index (χ1) is 20.4. The smallest absolute Gasteiger partial charge is 0.308 e. The van der Waals surface area contributed by atoms with Gasteiger partial charge in [0.15, 0.2) is 0 Å². The Labute approximate surface area is 241 Å². The van der Waals surface area contributed by atoms with Gasteiger partial charge < -0.3 is 19.5 Å². The fraction of sp³-hybridized carbons (Fsp3) is 0.281. The van der Waals surface area contributed by atoms with Gasteiger partial charge in [0.2, 0.25) is 11.8 Å². The molecule has 2 aliphatic rings. The Kier molecular flexibility index (Phi) is 6.54. The summed E-state index contributed by atoms with van der Waals surface area (Å²) < 4.78 is 12.2. The van der Waals surface area contributed by atoms with Gasteiger partial charge in [-0.1, -0.05) is 0 Å². The van der Waals surface area contributed by atoms with Crippen molar-refractivity contribution in [3.63, 3.8) is 0 Å². The fourth-order valence-corrected chi connectivity index (χ4v) is 6.02. The Hall–Kier alpha value is -4.83. The highest BCUT2D eigenvalue weighted by atomic mass is 16.5. The van der Waals surface area contributed by atoms with E-state index in [1.807, 2.05) is 31.5 Å². The number of amides is 1. The first-order valence-electron chi connectivity index (χ1n) is 14.1. The van der Waals surface area contributed by atoms with E-state index in [0.717, 1.165) is 57.0 Å². The average Bonchev–Trinajstić information content (AvgIpc) is 3.63. The van der Waals surface area contributed by atoms with Crippen LogP contribution in [0.1, 0.15) is 36.6 Å². The van der Waals surface area contributed by atoms with Crippen LogP contribution in [0.4, 0.5) is 5.69 Å². The van der Waals surface area contributed by atoms with E-state index in [1.165, 1.54) is 4.90 Å². The van der Waals surface area contributed by atoms with Crippen LogP contribution < -0.4 is 9.64 Å². The summed E-state index contributed by atoms with van der Waals surface area (Å²) in [5.74, 6) is -0.622. The van der Waals surface area contributed by atoms with Crippen molar-refractivity contribution >= 4 is 39.2 Å². The van der Waals surface area contributed by atoms with Gasteiger partial charge in [-0.3, -0.25) is 19.7 Å². The van der Waals surface area contributed by atoms with E-state index in [0.29, 0.717) is 30.5 Å². The van der Waals surface area contributed by atoms with Crippen LogP contribution in [0.5, 0.6) is 11.6 Å². The van der Waals surface area contributed by atoms with Crippen molar-refractivity contribution in [2.75, 3.05) is 24.7 Å². The minimum atomic E-state index is -0.958. The zero-order valence-corrected chi connectivity index (χ0v) is 23.0. The molecule has 5 heterocycles. The number of nitrogens with one attached hydrogen (secondary N) is 1. The normalized spacial score (nSPS) is 17.8. The second-order valence-electron chi connectivity index (χ2n) is 10.9. The maximum Gasteiger partial charge on any atom is 0.308 e. The molecule has 1 amide bonds. The molecule has 212 valence electrons. The lowest BCUT2D eigenvalue weighted by molar-refractivity contribution is -0.141. The quantitative estimate of drug-likeness (QED) is 0.273. The Morgan fingerprint density at radius 1 is 1.10 bits per heavy atom. The molecule has 0 radical (unpaired) electrons. The number of ether oxygens (including phenoxy) is 2. The van der Waals surface area contributed by atoms with E-state index in [1.54, 1.807) is 24.3 Å². The van der Waals surface area contributed by atoms with E-state index in [2.05, 4.69) is 27.3 Å². The van der Waals surface area contributed by atoms with Crippen molar-refractivity contribution in [3.05, 3.63) is 72.3 Å². The predicted molar refractivity (Wildman–Crippen MR) is 157 cm³/mol. The number of aromatic amines is 1. The number of nitrogens with zero attached hydrogens (tertiary/aromatic N) is 4. The number of carboxylic acid groups (broad SMARTS) is 1. The van der Waals surface area contributed by atoms with Gasteiger partial charge in [-0.25, -0.2) is 4.98 Å². The molecule has 10 nitrogen and oxygen atoms in total. The van der Waals surface area contributed by atoms with Crippen LogP contribution in [0, 0.1) is 12.8 Å². The molecule has 5 aromatic rings. The number of fused-ring (bicyclic) bond motifs is 2. The molecule has 10 heteroatoms. The second kappa shape index (κ2) is 10.5. The number of carbonyl (C=O) groups excluding carboxylic acids is 1. The predicted octanol–water partition coefficient (Wildman–Crippen LogP) is 5.61. The lowest BCUT2D eigenvalue weighted by atomic mass is 9.87. The third kappa shape index (κ3) is 4.73. The molecule has 0 spiro atoms. The number of anilines is 1. The number of aliphatic carboxylic acids is 1. The van der Waals surface area contributed by atoms with Crippen LogP contribution in [0.3, 0.4) is 0 Å². The molecule has 2 N–H and O–H groups in total. The molecule has 0 saturated carbocycles. The summed E-state index contributed by atoms with van der Waals surface area (Å²) in [6, 6.07) is 15.4. The van der Waals surface area contributed by atoms with Gasteiger partial charge in [-0.15, -0.1) is 0 Å². The molecule has 0 bridgehead atoms. The van der Waals surface area contributed by atoms with Crippen molar-refractivity contribution in [2.24, 2.45) is 5.92 Å². The Morgan fingerprint density at radius 2 is 1.90 bits per heavy atom. The third-order valence-electron chi connectivity index (χ3n) is 8.19. The van der Waals surface area contributed by atoms with Gasteiger partial charge in [0, 0.05) is 66.0 Å². The average molecular weight is 564 g/mol. The van der Waals surface area contributed by atoms with Crippen molar-refractivity contribution in [1.82, 2.24) is 20.2 Å². The highest BCUT2D eigenvalue weighted by Gasteiger charge is 2.35. The van der Waals surface area contributed by atoms with Crippen LogP contribution in [-0.2, 0) is 14.3 Å². The molecule has 42 heavy (non-hydrogen) atoms. The topological polar surface area (TPSA) is 131 Å². The Balaban J connectivity index is 1.34. The number of benzene rings is 2. The number of aromatic nitrogens is 4. The highest BCUT2D eigenvalue weighted by Crippen LogP contribution is 2.43. The van der Waals surface area contributed by atoms with E-state index in [9.17, 15) is 14.7 Å². The van der Waals surface area contributed by atoms with Gasteiger partial charge in [0.1, 0.15) is 5.75 Å². The third-order valence-corrected chi connectivity index (χ3v) is 8.19. The Bertz CT molecular complexity index is 1830. The van der Waals surface area contributed by atoms with E-state index < -0.39 is 11.9 Å². The van der Waals surface area contributed by atoms with Gasteiger partial charge in [-0.2, -0.15) is 5.10 Å². The fourth-order valence-electron chi connectivity index (χ4n) is 6.02. The summed E-state index contributed by atoms with van der Waals surface area (Å²) in [5, 5.41) is 19.5. The van der Waals surface area contributed by atoms with Crippen molar-refractivity contribution in [3.8, 4) is 22.8 Å². The van der Waals surface area contributed by atoms with Crippen molar-refractivity contribution < 1.29 is 24.2 Å². The number of pyridine rings is 2. The molecule has 2 fully saturated rings. The molecular formula is C32H29N5O5. The number of rotatable bonds is 6. The molecule has 2 aromatic carbocycles. The van der Waals surface area contributed by atoms with Crippen LogP contribution in [0.2, 0.25) is 0 Å². The first-order valence-corrected chi connectivity index (χ1v) is 14.1. The SMILES string of the molecule is Cc1cc(-c2c(C3CCOCC3)nc(Oc3ccc(N4CC(C(=O)O)CC4=O)cc3)c3cc4[nH]ncc4cc23)ccn1. The minimum Gasteiger partial charge on any atom is -0.481 e. The zero-order valence-electron chi connectivity index (χ0n) is 23.0. The molecule has 2 aliphatic heterocycles. The van der Waals surface area contributed by atoms with Gasteiger partial charge in [0.05, 0.1) is 23.3 Å². The highest BCUT2D eigenvalue weighted by molar-refractivity contribution is 6.07. The maximum absolute atomic E-state index is 12.5. The number of hydrogen-bond donors (Lipinski definition) is 2. The van der Waals surface area contributed by atoms with E-state index in [4.69, 9.17) is 14.5 Å². The van der Waals surface area contributed by atoms with Crippen LogP contribution >= 0.6 is 0 Å². The number of carboxylic acids is 1. The molecule has 0 aliphatic carbocycles. The second-order valence-corrected chi connectivity index (χ2v) is 10.9. The molecular weight excluding hydrogens is 534 g/mol. The van der Waals surface area contributed by atoms with E-state index in [-0.39, 0.29) is 24.8 Å². The lowest BCUT2D eigenvalue weighted by Crippen LogP contribution is -2.25. The van der Waals surface area contributed by atoms with Crippen LogP contribution in [0.15, 0.2) is 60.9 Å². The lowest BCUT2D eigenvalue weighted by Gasteiger charge is -2.26. The van der Waals surface area contributed by atoms with Crippen molar-refractivity contribution in [2.45, 2.75) is 32.1 Å². The van der Waals surface area contributed by atoms with Gasteiger partial charge in [-0.05, 0) is 79.2 Å². The largest absolute Gasteiger partial charge is 0.481 e. The zero-order chi connectivity index (χ0) is 28.8. The van der Waals surface area contributed by atoms with Crippen LogP contribution in [-0.4, -0.2) is 56.9 Å². The van der Waals surface area contributed by atoms with Gasteiger partial charge in [0.25, 0.3) is 0 Å². The summed E-state index contributed by atoms with van der Waals surface area (Å²) in [4.78, 5) is 35.0. The van der Waals surface area contributed by atoms with E-state index >= 15 is 0 Å². The maximum atomic E-state index is 12.5. The number of H-pyrrole nitrogens is 1. The van der Waals surface area contributed by atoms with Gasteiger partial charge >= 0.3 is 5.97 Å². The summed E-state index contributed by atoms with van der Waals surface area (Å²) in [6.07, 6.45) is 5.37. The van der Waals surface area contributed by atoms with Crippen LogP contribution in [0.25, 0.3) is 32.8 Å². The Morgan fingerprint density at radius 3 is 2.64 bits per heavy atom. The summed E-state index contributed by atoms with van der Waals surface area (Å²) >= 11 is 0. The first kappa shape index (κ1) is 26.1. The molecule has 1 atom stereocenters. The summed E-state index contributed by atoms with van der Waals surface area (Å²) in [6.45, 7) is 3.50. The monoisotopic (exact) mass is 563 g/mol. The number of carbonyl (C=O) groups is 2. The van der Waals surface area contributed by atoms with Crippen molar-refractivity contribution in [1.29, 1.82) is 0 Å². The molecule has 1 unspecified atom stereocenters. The minimum absolute atomic E-state index is 0.00387. The standard InChI is InChI=1S/C32H29N5O5/c1-18-12-20(6-9-33-18)29-25-13-21-16-34-36-27(21)15-26(25)31(35-30(29)19-7-10-41-11-8-19)42-24-4-2-23(3-5-24)37-17-22(32(39)40)14-28(37)38/h2-6,9,12-13,15-16,19,22H,7-8,10-11,14,17H2,1H3,(H,34,36)(H,39,40). The number of aryl methyl sites for hydroxylation is 1. The molecule has 3 aromatic heterocycles. The summed E-state index contributed by atoms with van der Waals surface area (Å²) in [5.41, 5.74) is 5.52. The molecule has 7 rings (SSSR count). The summed E-state index contributed by atoms with van der Waals surface area (Å²) in [7, 11) is 0. The molecule has 2 saturated heterocycles.